The largest absolute Gasteiger partial charge is 0.357 e. The molecule has 0 saturated carbocycles. The zero-order chi connectivity index (χ0) is 17.6. The van der Waals surface area contributed by atoms with Gasteiger partial charge >= 0.3 is 0 Å². The van der Waals surface area contributed by atoms with Crippen LogP contribution in [0.4, 0.5) is 0 Å². The van der Waals surface area contributed by atoms with E-state index in [4.69, 9.17) is 23.2 Å². The Hall–Kier alpha value is -2.10. The van der Waals surface area contributed by atoms with Gasteiger partial charge in [-0.15, -0.1) is 6.58 Å². The Kier molecular flexibility index (Phi) is 4.02. The first-order chi connectivity index (χ1) is 11.3. The van der Waals surface area contributed by atoms with E-state index in [1.807, 2.05) is 38.1 Å². The van der Waals surface area contributed by atoms with Crippen molar-refractivity contribution in [2.45, 2.75) is 19.3 Å². The van der Waals surface area contributed by atoms with Gasteiger partial charge in [0.15, 0.2) is 5.78 Å². The maximum atomic E-state index is 12.7. The number of Topliss-reactive ketones (excluding diaryl/α,β-unsaturated/α-hetero) is 1. The highest BCUT2D eigenvalue weighted by Crippen LogP contribution is 2.41. The molecule has 0 aliphatic heterocycles. The van der Waals surface area contributed by atoms with Crippen LogP contribution >= 0.6 is 23.2 Å². The Bertz CT molecular complexity index is 961. The smallest absolute Gasteiger partial charge is 0.206 e. The number of para-hydroxylation sites is 1. The second kappa shape index (κ2) is 5.76. The fourth-order valence-electron chi connectivity index (χ4n) is 2.80. The van der Waals surface area contributed by atoms with Crippen molar-refractivity contribution in [2.24, 2.45) is 0 Å². The quantitative estimate of drug-likeness (QED) is 0.628. The van der Waals surface area contributed by atoms with Crippen molar-refractivity contribution < 1.29 is 9.59 Å². The number of ketones is 2. The minimum atomic E-state index is -0.469. The van der Waals surface area contributed by atoms with Gasteiger partial charge in [-0.3, -0.25) is 9.59 Å². The van der Waals surface area contributed by atoms with Gasteiger partial charge < -0.3 is 4.98 Å². The minimum absolute atomic E-state index is 0.115. The Morgan fingerprint density at radius 1 is 1.17 bits per heavy atom. The number of allylic oxidation sites excluding steroid dienone is 5. The van der Waals surface area contributed by atoms with Crippen LogP contribution in [0, 0.1) is 0 Å². The number of carbonyl (C=O) groups excluding carboxylic acids is 2. The number of fused-ring (bicyclic) bond motifs is 1. The Labute approximate surface area is 149 Å². The average Bonchev–Trinajstić information content (AvgIpc) is 2.94. The van der Waals surface area contributed by atoms with Crippen LogP contribution in [0.1, 0.15) is 25.1 Å². The summed E-state index contributed by atoms with van der Waals surface area (Å²) >= 11 is 12.2. The van der Waals surface area contributed by atoms with Crippen LogP contribution in [0.25, 0.3) is 16.5 Å². The summed E-state index contributed by atoms with van der Waals surface area (Å²) < 4.78 is 0. The molecule has 0 amide bonds. The van der Waals surface area contributed by atoms with Crippen molar-refractivity contribution in [1.29, 1.82) is 0 Å². The molecular weight excluding hydrogens is 345 g/mol. The van der Waals surface area contributed by atoms with Crippen molar-refractivity contribution in [3.05, 3.63) is 64.3 Å². The summed E-state index contributed by atoms with van der Waals surface area (Å²) in [6.07, 6.45) is 2.84. The van der Waals surface area contributed by atoms with Crippen molar-refractivity contribution in [2.75, 3.05) is 0 Å². The normalized spacial score (nSPS) is 15.9. The topological polar surface area (TPSA) is 49.9 Å². The molecule has 0 atom stereocenters. The summed E-state index contributed by atoms with van der Waals surface area (Å²) in [6, 6.07) is 7.54. The first kappa shape index (κ1) is 16.7. The predicted octanol–water partition coefficient (Wildman–Crippen LogP) is 4.86. The highest BCUT2D eigenvalue weighted by atomic mass is 35.5. The molecule has 1 heterocycles. The minimum Gasteiger partial charge on any atom is -0.357 e. The summed E-state index contributed by atoms with van der Waals surface area (Å²) in [5.41, 5.74) is 1.89. The molecule has 0 unspecified atom stereocenters. The van der Waals surface area contributed by atoms with Crippen molar-refractivity contribution in [3.63, 3.8) is 0 Å². The number of aromatic amines is 1. The first-order valence-electron chi connectivity index (χ1n) is 7.39. The average molecular weight is 360 g/mol. The Morgan fingerprint density at radius 2 is 1.83 bits per heavy atom. The molecule has 1 aromatic heterocycles. The lowest BCUT2D eigenvalue weighted by molar-refractivity contribution is -0.113. The summed E-state index contributed by atoms with van der Waals surface area (Å²) in [5, 5.41) is 0.561. The molecule has 0 radical (unpaired) electrons. The lowest BCUT2D eigenvalue weighted by atomic mass is 9.82. The van der Waals surface area contributed by atoms with Crippen LogP contribution in [0.15, 0.2) is 53.1 Å². The monoisotopic (exact) mass is 359 g/mol. The van der Waals surface area contributed by atoms with E-state index < -0.39 is 17.0 Å². The fraction of sp³-hybridized carbons (Fsp3) is 0.158. The zero-order valence-electron chi connectivity index (χ0n) is 13.2. The second-order valence-corrected chi connectivity index (χ2v) is 7.01. The van der Waals surface area contributed by atoms with E-state index in [1.54, 1.807) is 6.08 Å². The summed E-state index contributed by atoms with van der Waals surface area (Å²) in [7, 11) is 0. The van der Waals surface area contributed by atoms with E-state index in [2.05, 4.69) is 11.6 Å². The third-order valence-corrected chi connectivity index (χ3v) is 4.90. The van der Waals surface area contributed by atoms with E-state index in [0.29, 0.717) is 5.56 Å². The highest BCUT2D eigenvalue weighted by Gasteiger charge is 2.34. The van der Waals surface area contributed by atoms with Crippen LogP contribution in [0.5, 0.6) is 0 Å². The van der Waals surface area contributed by atoms with Crippen LogP contribution in [-0.4, -0.2) is 16.6 Å². The maximum Gasteiger partial charge on any atom is 0.206 e. The van der Waals surface area contributed by atoms with E-state index >= 15 is 0 Å². The predicted molar refractivity (Wildman–Crippen MR) is 98.2 cm³/mol. The van der Waals surface area contributed by atoms with Gasteiger partial charge in [0.05, 0.1) is 15.6 Å². The van der Waals surface area contributed by atoms with Crippen LogP contribution in [-0.2, 0) is 15.0 Å². The van der Waals surface area contributed by atoms with Gasteiger partial charge in [-0.1, -0.05) is 61.3 Å². The number of carbonyl (C=O) groups is 2. The molecule has 0 bridgehead atoms. The molecule has 1 aliphatic rings. The molecule has 3 nitrogen and oxygen atoms in total. The number of hydrogen-bond acceptors (Lipinski definition) is 2. The number of rotatable bonds is 3. The van der Waals surface area contributed by atoms with Crippen molar-refractivity contribution in [1.82, 2.24) is 4.98 Å². The fourth-order valence-corrected chi connectivity index (χ4v) is 3.22. The molecule has 5 heteroatoms. The van der Waals surface area contributed by atoms with Crippen LogP contribution < -0.4 is 0 Å². The third kappa shape index (κ3) is 2.45. The molecule has 0 fully saturated rings. The molecule has 1 aromatic carbocycles. The number of nitrogens with one attached hydrogen (secondary N) is 1. The summed E-state index contributed by atoms with van der Waals surface area (Å²) in [4.78, 5) is 28.1. The highest BCUT2D eigenvalue weighted by molar-refractivity contribution is 6.62. The van der Waals surface area contributed by atoms with E-state index in [9.17, 15) is 9.59 Å². The van der Waals surface area contributed by atoms with Gasteiger partial charge in [-0.05, 0) is 6.07 Å². The van der Waals surface area contributed by atoms with Gasteiger partial charge in [0, 0.05) is 33.7 Å². The van der Waals surface area contributed by atoms with E-state index in [1.165, 1.54) is 0 Å². The van der Waals surface area contributed by atoms with Gasteiger partial charge in [-0.2, -0.15) is 0 Å². The maximum absolute atomic E-state index is 12.7. The summed E-state index contributed by atoms with van der Waals surface area (Å²) in [5.74, 6) is -0.920. The molecule has 1 aliphatic carbocycles. The first-order valence-corrected chi connectivity index (χ1v) is 8.14. The van der Waals surface area contributed by atoms with Gasteiger partial charge in [0.2, 0.25) is 5.78 Å². The Morgan fingerprint density at radius 3 is 2.50 bits per heavy atom. The SMILES string of the molecule is C=CC(C)(C)c1[nH]c2ccccc2c1C1=C(Cl)C(=O)C=C(Cl)C1=O. The van der Waals surface area contributed by atoms with Crippen molar-refractivity contribution >= 4 is 51.2 Å². The van der Waals surface area contributed by atoms with Crippen LogP contribution in [0.3, 0.4) is 0 Å². The number of halogens is 2. The third-order valence-electron chi connectivity index (χ3n) is 4.25. The molecule has 1 N–H and O–H groups in total. The molecule has 0 saturated heterocycles. The zero-order valence-corrected chi connectivity index (χ0v) is 14.8. The number of hydrogen-bond donors (Lipinski definition) is 1. The molecule has 0 spiro atoms. The molecule has 122 valence electrons. The van der Waals surface area contributed by atoms with Gasteiger partial charge in [0.25, 0.3) is 0 Å². The van der Waals surface area contributed by atoms with Crippen LogP contribution in [0.2, 0.25) is 0 Å². The van der Waals surface area contributed by atoms with Gasteiger partial charge in [0.1, 0.15) is 0 Å². The van der Waals surface area contributed by atoms with Crippen molar-refractivity contribution in [3.8, 4) is 0 Å². The summed E-state index contributed by atoms with van der Waals surface area (Å²) in [6.45, 7) is 7.81. The Balaban J connectivity index is 2.43. The lowest BCUT2D eigenvalue weighted by Gasteiger charge is -2.22. The standard InChI is InChI=1S/C19H15Cl2NO2/c1-4-19(2,3)18-14(10-7-5-6-8-12(10)22-18)15-16(21)13(23)9-11(20)17(15)24/h4-9,22H,1H2,2-3H3. The number of aromatic nitrogens is 1. The van der Waals surface area contributed by atoms with E-state index in [-0.39, 0.29) is 15.6 Å². The lowest BCUT2D eigenvalue weighted by Crippen LogP contribution is -2.20. The second-order valence-electron chi connectivity index (χ2n) is 6.22. The molecule has 2 aromatic rings. The number of H-pyrrole nitrogens is 1. The van der Waals surface area contributed by atoms with Gasteiger partial charge in [-0.25, -0.2) is 0 Å². The van der Waals surface area contributed by atoms with E-state index in [0.717, 1.165) is 22.7 Å². The number of benzene rings is 1. The molecule has 3 rings (SSSR count). The molecular formula is C19H15Cl2NO2. The molecule has 24 heavy (non-hydrogen) atoms.